The van der Waals surface area contributed by atoms with E-state index in [2.05, 4.69) is 4.98 Å². The lowest BCUT2D eigenvalue weighted by Gasteiger charge is -2.04. The number of carboxylic acid groups (broad SMARTS) is 1. The molecular weight excluding hydrogens is 284 g/mol. The Morgan fingerprint density at radius 3 is 2.68 bits per heavy atom. The summed E-state index contributed by atoms with van der Waals surface area (Å²) in [6.45, 7) is 1.95. The number of hydrogen-bond donors (Lipinski definition) is 1. The molecule has 0 aliphatic heterocycles. The minimum absolute atomic E-state index is 0.171. The third kappa shape index (κ3) is 1.91. The molecule has 0 aliphatic carbocycles. The van der Waals surface area contributed by atoms with Crippen LogP contribution in [0.4, 0.5) is 0 Å². The molecule has 2 aromatic heterocycles. The summed E-state index contributed by atoms with van der Waals surface area (Å²) in [6.07, 6.45) is 1.38. The van der Waals surface area contributed by atoms with Crippen LogP contribution in [0.15, 0.2) is 30.5 Å². The van der Waals surface area contributed by atoms with Crippen molar-refractivity contribution in [3.63, 3.8) is 0 Å². The molecule has 0 saturated carbocycles. The molecule has 2 heterocycles. The number of rotatable bonds is 2. The van der Waals surface area contributed by atoms with E-state index in [1.807, 2.05) is 19.1 Å². The van der Waals surface area contributed by atoms with Crippen LogP contribution in [0.2, 0.25) is 5.02 Å². The Morgan fingerprint density at radius 2 is 2.05 bits per heavy atom. The number of carbonyl (C=O) groups is 1. The fourth-order valence-electron chi connectivity index (χ4n) is 2.06. The Balaban J connectivity index is 2.33. The minimum atomic E-state index is -0.986. The summed E-state index contributed by atoms with van der Waals surface area (Å²) < 4.78 is 1.67. The summed E-state index contributed by atoms with van der Waals surface area (Å²) in [5.74, 6) is -0.986. The zero-order valence-electron chi connectivity index (χ0n) is 9.92. The second-order valence-corrected chi connectivity index (χ2v) is 5.70. The first-order chi connectivity index (χ1) is 9.08. The highest BCUT2D eigenvalue weighted by Crippen LogP contribution is 2.32. The molecule has 0 bridgehead atoms. The largest absolute Gasteiger partial charge is 0.477 e. The van der Waals surface area contributed by atoms with Crippen LogP contribution in [0.25, 0.3) is 16.2 Å². The van der Waals surface area contributed by atoms with Crippen LogP contribution in [-0.4, -0.2) is 20.5 Å². The Kier molecular flexibility index (Phi) is 2.80. The van der Waals surface area contributed by atoms with Gasteiger partial charge in [-0.2, -0.15) is 0 Å². The molecule has 3 aromatic rings. The van der Waals surface area contributed by atoms with E-state index in [-0.39, 0.29) is 5.69 Å². The lowest BCUT2D eigenvalue weighted by atomic mass is 10.1. The van der Waals surface area contributed by atoms with Crippen molar-refractivity contribution in [1.82, 2.24) is 9.38 Å². The highest BCUT2D eigenvalue weighted by atomic mass is 35.5. The molecule has 0 saturated heterocycles. The van der Waals surface area contributed by atoms with Crippen molar-refractivity contribution in [3.05, 3.63) is 46.1 Å². The molecule has 0 unspecified atom stereocenters. The lowest BCUT2D eigenvalue weighted by Crippen LogP contribution is -2.02. The first-order valence-corrected chi connectivity index (χ1v) is 6.73. The number of imidazole rings is 1. The molecule has 1 N–H and O–H groups in total. The smallest absolute Gasteiger partial charge is 0.354 e. The molecular formula is C13H9ClN2O2S. The van der Waals surface area contributed by atoms with E-state index in [9.17, 15) is 9.90 Å². The zero-order chi connectivity index (χ0) is 13.6. The van der Waals surface area contributed by atoms with Crippen LogP contribution in [-0.2, 0) is 0 Å². The minimum Gasteiger partial charge on any atom is -0.477 e. The molecule has 4 nitrogen and oxygen atoms in total. The van der Waals surface area contributed by atoms with Gasteiger partial charge in [0.1, 0.15) is 0 Å². The maximum absolute atomic E-state index is 11.2. The van der Waals surface area contributed by atoms with E-state index in [0.717, 1.165) is 16.1 Å². The van der Waals surface area contributed by atoms with E-state index in [1.165, 1.54) is 17.5 Å². The average molecular weight is 293 g/mol. The van der Waals surface area contributed by atoms with Gasteiger partial charge in [0, 0.05) is 9.90 Å². The van der Waals surface area contributed by atoms with Gasteiger partial charge in [-0.1, -0.05) is 23.7 Å². The van der Waals surface area contributed by atoms with Crippen LogP contribution in [0, 0.1) is 6.92 Å². The monoisotopic (exact) mass is 292 g/mol. The number of aromatic carboxylic acids is 1. The van der Waals surface area contributed by atoms with Gasteiger partial charge in [-0.15, -0.1) is 11.3 Å². The fraction of sp³-hybridized carbons (Fsp3) is 0.0769. The number of aryl methyl sites for hydroxylation is 1. The molecule has 96 valence electrons. The van der Waals surface area contributed by atoms with Crippen molar-refractivity contribution in [1.29, 1.82) is 0 Å². The SMILES string of the molecule is Cc1sc2ncc(C(=O)O)n2c1-c1ccc(Cl)cc1. The standard InChI is InChI=1S/C13H9ClN2O2S/c1-7-11(8-2-4-9(14)5-3-8)16-10(12(17)18)6-15-13(16)19-7/h2-6H,1H3,(H,17,18). The number of carboxylic acids is 1. The average Bonchev–Trinajstić information content (AvgIpc) is 2.88. The summed E-state index contributed by atoms with van der Waals surface area (Å²) in [5, 5.41) is 9.87. The molecule has 19 heavy (non-hydrogen) atoms. The summed E-state index contributed by atoms with van der Waals surface area (Å²) >= 11 is 7.35. The van der Waals surface area contributed by atoms with Crippen LogP contribution in [0.1, 0.15) is 15.4 Å². The van der Waals surface area contributed by atoms with Crippen LogP contribution in [0.5, 0.6) is 0 Å². The number of nitrogens with zero attached hydrogens (tertiary/aromatic N) is 2. The maximum atomic E-state index is 11.2. The Morgan fingerprint density at radius 1 is 1.37 bits per heavy atom. The zero-order valence-corrected chi connectivity index (χ0v) is 11.5. The molecule has 0 amide bonds. The van der Waals surface area contributed by atoms with Crippen molar-refractivity contribution in [3.8, 4) is 11.3 Å². The topological polar surface area (TPSA) is 54.6 Å². The molecule has 0 spiro atoms. The number of thiazole rings is 1. The van der Waals surface area contributed by atoms with Crippen LogP contribution in [0.3, 0.4) is 0 Å². The van der Waals surface area contributed by atoms with Gasteiger partial charge in [0.15, 0.2) is 10.7 Å². The van der Waals surface area contributed by atoms with Crippen molar-refractivity contribution in [2.75, 3.05) is 0 Å². The highest BCUT2D eigenvalue weighted by Gasteiger charge is 2.18. The number of hydrogen-bond acceptors (Lipinski definition) is 3. The lowest BCUT2D eigenvalue weighted by molar-refractivity contribution is 0.0689. The molecule has 0 radical (unpaired) electrons. The molecule has 3 rings (SSSR count). The van der Waals surface area contributed by atoms with Crippen molar-refractivity contribution in [2.24, 2.45) is 0 Å². The normalized spacial score (nSPS) is 11.1. The molecule has 6 heteroatoms. The first kappa shape index (κ1) is 12.2. The van der Waals surface area contributed by atoms with Gasteiger partial charge in [-0.3, -0.25) is 4.40 Å². The van der Waals surface area contributed by atoms with Gasteiger partial charge in [-0.25, -0.2) is 9.78 Å². The van der Waals surface area contributed by atoms with Gasteiger partial charge in [0.05, 0.1) is 11.9 Å². The van der Waals surface area contributed by atoms with Crippen molar-refractivity contribution in [2.45, 2.75) is 6.92 Å². The van der Waals surface area contributed by atoms with Gasteiger partial charge in [0.2, 0.25) is 0 Å². The fourth-order valence-corrected chi connectivity index (χ4v) is 3.15. The number of benzene rings is 1. The third-order valence-electron chi connectivity index (χ3n) is 2.87. The summed E-state index contributed by atoms with van der Waals surface area (Å²) in [4.78, 5) is 17.1. The predicted molar refractivity (Wildman–Crippen MR) is 75.2 cm³/mol. The number of aromatic nitrogens is 2. The Hall–Kier alpha value is -1.85. The van der Waals surface area contributed by atoms with Crippen molar-refractivity contribution >= 4 is 33.9 Å². The van der Waals surface area contributed by atoms with Gasteiger partial charge >= 0.3 is 5.97 Å². The molecule has 1 aromatic carbocycles. The quantitative estimate of drug-likeness (QED) is 0.783. The van der Waals surface area contributed by atoms with E-state index < -0.39 is 5.97 Å². The van der Waals surface area contributed by atoms with Crippen LogP contribution < -0.4 is 0 Å². The van der Waals surface area contributed by atoms with Crippen molar-refractivity contribution < 1.29 is 9.90 Å². The summed E-state index contributed by atoms with van der Waals surface area (Å²) in [5.41, 5.74) is 1.95. The summed E-state index contributed by atoms with van der Waals surface area (Å²) in [6, 6.07) is 7.33. The highest BCUT2D eigenvalue weighted by molar-refractivity contribution is 7.17. The Labute approximate surface area is 117 Å². The first-order valence-electron chi connectivity index (χ1n) is 5.54. The van der Waals surface area contributed by atoms with E-state index in [1.54, 1.807) is 16.5 Å². The number of halogens is 1. The number of fused-ring (bicyclic) bond motifs is 1. The van der Waals surface area contributed by atoms with Gasteiger partial charge < -0.3 is 5.11 Å². The van der Waals surface area contributed by atoms with Gasteiger partial charge in [0.25, 0.3) is 0 Å². The Bertz CT molecular complexity index is 774. The second kappa shape index (κ2) is 4.36. The predicted octanol–water partition coefficient (Wildman–Crippen LogP) is 3.72. The third-order valence-corrected chi connectivity index (χ3v) is 4.09. The summed E-state index contributed by atoms with van der Waals surface area (Å²) in [7, 11) is 0. The second-order valence-electron chi connectivity index (χ2n) is 4.08. The van der Waals surface area contributed by atoms with E-state index >= 15 is 0 Å². The molecule has 0 aliphatic rings. The molecule has 0 atom stereocenters. The van der Waals surface area contributed by atoms with Gasteiger partial charge in [-0.05, 0) is 24.6 Å². The maximum Gasteiger partial charge on any atom is 0.354 e. The molecule has 0 fully saturated rings. The van der Waals surface area contributed by atoms with Crippen LogP contribution >= 0.6 is 22.9 Å². The van der Waals surface area contributed by atoms with E-state index in [4.69, 9.17) is 11.6 Å². The van der Waals surface area contributed by atoms with E-state index in [0.29, 0.717) is 9.98 Å².